The van der Waals surface area contributed by atoms with Crippen LogP contribution in [-0.2, 0) is 32.3 Å². The molecule has 7 N–H and O–H groups in total. The Bertz CT molecular complexity index is 1580. The van der Waals surface area contributed by atoms with Gasteiger partial charge in [0.05, 0.1) is 0 Å². The van der Waals surface area contributed by atoms with Crippen LogP contribution in [0.4, 0.5) is 14.3 Å². The minimum Gasteiger partial charge on any atom is -0.477 e. The van der Waals surface area contributed by atoms with Crippen LogP contribution in [0.15, 0.2) is 34.2 Å². The van der Waals surface area contributed by atoms with Crippen molar-refractivity contribution in [1.29, 1.82) is 0 Å². The van der Waals surface area contributed by atoms with Gasteiger partial charge in [-0.25, -0.2) is 18.5 Å². The van der Waals surface area contributed by atoms with Crippen LogP contribution >= 0.6 is 34.6 Å². The number of nitrogen functional groups attached to an aromatic ring is 1. The third-order valence-corrected chi connectivity index (χ3v) is 8.59. The number of carbonyl (C=O) groups is 4. The standard InChI is InChI=1S/C20H19FN10O6S3/c21-7-37-27-11(14-26-20(23)40-28-14)15(32)25-12-16(33)31-13(18(34)35)8(6-39-17(12)31)4-29-5-10-30(1-2-38-10)9(29)3-24-19(22)36/h1-2,5,12,17H,3-4,6-7H2,(H6-,22,23,24,25,26,28,32,34,35,36)/p+1/b27-11-/t12-,17-/m1/s1. The maximum atomic E-state index is 13.1. The number of anilines is 1. The van der Waals surface area contributed by atoms with E-state index in [-0.39, 0.29) is 35.5 Å². The van der Waals surface area contributed by atoms with Crippen LogP contribution in [0.1, 0.15) is 11.6 Å². The van der Waals surface area contributed by atoms with Crippen molar-refractivity contribution in [3.05, 3.63) is 40.7 Å². The molecule has 0 radical (unpaired) electrons. The third-order valence-electron chi connectivity index (χ3n) is 5.90. The zero-order chi connectivity index (χ0) is 28.6. The minimum absolute atomic E-state index is 0.0303. The lowest BCUT2D eigenvalue weighted by Gasteiger charge is -2.49. The van der Waals surface area contributed by atoms with Crippen LogP contribution < -0.4 is 26.7 Å². The van der Waals surface area contributed by atoms with Gasteiger partial charge in [0.15, 0.2) is 5.13 Å². The van der Waals surface area contributed by atoms with E-state index in [0.29, 0.717) is 11.4 Å². The van der Waals surface area contributed by atoms with E-state index in [1.54, 1.807) is 4.57 Å². The number of aromatic nitrogens is 4. The summed E-state index contributed by atoms with van der Waals surface area (Å²) in [6.07, 6.45) is 3.62. The van der Waals surface area contributed by atoms with E-state index in [9.17, 15) is 28.7 Å². The summed E-state index contributed by atoms with van der Waals surface area (Å²) in [6, 6.07) is -1.81. The second kappa shape index (κ2) is 11.1. The number of nitrogens with one attached hydrogen (secondary N) is 2. The first-order valence-corrected chi connectivity index (χ1v) is 14.0. The number of β-lactam (4-membered cyclic amide) rings is 1. The number of carboxylic acids is 1. The third kappa shape index (κ3) is 5.02. The lowest BCUT2D eigenvalue weighted by molar-refractivity contribution is -0.695. The Morgan fingerprint density at radius 2 is 2.17 bits per heavy atom. The number of halogens is 1. The van der Waals surface area contributed by atoms with Crippen molar-refractivity contribution < 1.29 is 38.1 Å². The summed E-state index contributed by atoms with van der Waals surface area (Å²) in [5, 5.41) is 19.6. The van der Waals surface area contributed by atoms with E-state index < -0.39 is 47.8 Å². The number of aliphatic carboxylic acids is 1. The maximum Gasteiger partial charge on any atom is 0.352 e. The number of imidazole rings is 1. The molecule has 5 heterocycles. The zero-order valence-corrected chi connectivity index (χ0v) is 22.6. The average Bonchev–Trinajstić information content (AvgIpc) is 3.62. The number of thioether (sulfide) groups is 1. The number of oxime groups is 1. The summed E-state index contributed by atoms with van der Waals surface area (Å²) < 4.78 is 20.0. The van der Waals surface area contributed by atoms with Gasteiger partial charge in [-0.1, -0.05) is 16.5 Å². The Morgan fingerprint density at radius 1 is 1.38 bits per heavy atom. The SMILES string of the molecule is NC(=O)NCc1n2ccsc2c[n+]1CC1=C(C(=O)O)N2C(=O)[C@@H](NC(=O)/C(=N\OCF)c3nsc(N)n3)[C@H]2SC1. The minimum atomic E-state index is -1.32. The lowest BCUT2D eigenvalue weighted by Crippen LogP contribution is -2.71. The van der Waals surface area contributed by atoms with Gasteiger partial charge in [0, 0.05) is 28.2 Å². The maximum absolute atomic E-state index is 13.1. The molecule has 0 unspecified atom stereocenters. The van der Waals surface area contributed by atoms with E-state index in [2.05, 4.69) is 30.0 Å². The van der Waals surface area contributed by atoms with E-state index in [0.717, 1.165) is 21.3 Å². The molecule has 3 aromatic rings. The summed E-state index contributed by atoms with van der Waals surface area (Å²) in [5.74, 6) is -2.22. The summed E-state index contributed by atoms with van der Waals surface area (Å²) in [6.45, 7) is -1.10. The largest absolute Gasteiger partial charge is 0.477 e. The Labute approximate surface area is 235 Å². The second-order valence-corrected chi connectivity index (χ2v) is 11.1. The smallest absolute Gasteiger partial charge is 0.352 e. The predicted octanol–water partition coefficient (Wildman–Crippen LogP) is -1.02. The summed E-state index contributed by atoms with van der Waals surface area (Å²) >= 11 is 3.49. The first-order valence-electron chi connectivity index (χ1n) is 11.3. The summed E-state index contributed by atoms with van der Waals surface area (Å²) in [7, 11) is 0. The van der Waals surface area contributed by atoms with Gasteiger partial charge in [-0.15, -0.1) is 11.8 Å². The fourth-order valence-corrected chi connectivity index (χ4v) is 6.82. The Hall–Kier alpha value is -4.30. The van der Waals surface area contributed by atoms with Crippen LogP contribution in [0.3, 0.4) is 0 Å². The van der Waals surface area contributed by atoms with Gasteiger partial charge in [-0.2, -0.15) is 13.8 Å². The highest BCUT2D eigenvalue weighted by Crippen LogP contribution is 2.40. The fraction of sp³-hybridized carbons (Fsp3) is 0.300. The number of hydrogen-bond donors (Lipinski definition) is 5. The molecule has 1 saturated heterocycles. The Morgan fingerprint density at radius 3 is 2.85 bits per heavy atom. The molecule has 0 aromatic carbocycles. The molecule has 20 heteroatoms. The molecule has 2 aliphatic heterocycles. The molecular weight excluding hydrogens is 591 g/mol. The van der Waals surface area contributed by atoms with Gasteiger partial charge in [0.2, 0.25) is 16.4 Å². The molecule has 16 nitrogen and oxygen atoms in total. The van der Waals surface area contributed by atoms with Gasteiger partial charge in [-0.3, -0.25) is 14.5 Å². The number of carboxylic acid groups (broad SMARTS) is 1. The van der Waals surface area contributed by atoms with Gasteiger partial charge < -0.3 is 32.0 Å². The number of amides is 4. The Kier molecular flexibility index (Phi) is 7.54. The van der Waals surface area contributed by atoms with Crippen molar-refractivity contribution in [3.63, 3.8) is 0 Å². The lowest BCUT2D eigenvalue weighted by atomic mass is 10.0. The number of rotatable bonds is 10. The zero-order valence-electron chi connectivity index (χ0n) is 20.1. The highest BCUT2D eigenvalue weighted by molar-refractivity contribution is 8.00. The molecule has 210 valence electrons. The Balaban J connectivity index is 1.37. The topological polar surface area (TPSA) is 224 Å². The molecular formula is C20H20FN10O6S3+. The van der Waals surface area contributed by atoms with Crippen LogP contribution in [0.2, 0.25) is 0 Å². The van der Waals surface area contributed by atoms with Gasteiger partial charge in [0.1, 0.15) is 42.6 Å². The van der Waals surface area contributed by atoms with Crippen LogP contribution in [0.5, 0.6) is 0 Å². The molecule has 0 aliphatic carbocycles. The molecule has 4 amide bonds. The van der Waals surface area contributed by atoms with Gasteiger partial charge in [0.25, 0.3) is 24.5 Å². The van der Waals surface area contributed by atoms with Crippen molar-refractivity contribution in [3.8, 4) is 0 Å². The average molecular weight is 612 g/mol. The number of nitrogens with two attached hydrogens (primary N) is 2. The van der Waals surface area contributed by atoms with Crippen molar-refractivity contribution in [2.45, 2.75) is 24.5 Å². The van der Waals surface area contributed by atoms with E-state index in [4.69, 9.17) is 11.5 Å². The molecule has 0 spiro atoms. The fourth-order valence-electron chi connectivity index (χ4n) is 4.26. The molecule has 5 rings (SSSR count). The quantitative estimate of drug-likeness (QED) is 0.0812. The van der Waals surface area contributed by atoms with Crippen molar-refractivity contribution >= 4 is 74.1 Å². The molecule has 2 aliphatic rings. The van der Waals surface area contributed by atoms with E-state index in [1.165, 1.54) is 23.1 Å². The molecule has 3 aromatic heterocycles. The second-order valence-electron chi connectivity index (χ2n) is 8.25. The number of hydrogen-bond acceptors (Lipinski definition) is 12. The number of primary amides is 1. The van der Waals surface area contributed by atoms with Crippen molar-refractivity contribution in [2.75, 3.05) is 18.3 Å². The van der Waals surface area contributed by atoms with E-state index in [1.807, 2.05) is 22.2 Å². The van der Waals surface area contributed by atoms with Crippen LogP contribution in [-0.4, -0.2) is 77.3 Å². The van der Waals surface area contributed by atoms with Crippen LogP contribution in [0, 0.1) is 0 Å². The summed E-state index contributed by atoms with van der Waals surface area (Å²) in [5.41, 5.74) is 10.6. The highest BCUT2D eigenvalue weighted by Gasteiger charge is 2.54. The highest BCUT2D eigenvalue weighted by atomic mass is 32.2. The van der Waals surface area contributed by atoms with Crippen molar-refractivity contribution in [1.82, 2.24) is 29.3 Å². The van der Waals surface area contributed by atoms with Gasteiger partial charge in [-0.05, 0) is 0 Å². The first kappa shape index (κ1) is 27.3. The number of thiazole rings is 1. The monoisotopic (exact) mass is 611 g/mol. The number of urea groups is 1. The molecule has 2 atom stereocenters. The molecule has 1 fully saturated rings. The number of carbonyl (C=O) groups excluding carboxylic acids is 3. The number of alkyl halides is 1. The van der Waals surface area contributed by atoms with Crippen LogP contribution in [0.25, 0.3) is 4.83 Å². The van der Waals surface area contributed by atoms with Gasteiger partial charge >= 0.3 is 12.0 Å². The first-order chi connectivity index (χ1) is 19.2. The molecule has 0 saturated carbocycles. The molecule has 40 heavy (non-hydrogen) atoms. The normalized spacial score (nSPS) is 18.9. The number of fused-ring (bicyclic) bond motifs is 2. The summed E-state index contributed by atoms with van der Waals surface area (Å²) in [4.78, 5) is 59.8. The predicted molar refractivity (Wildman–Crippen MR) is 139 cm³/mol. The number of nitrogens with zero attached hydrogens (tertiary/aromatic N) is 6. The molecule has 0 bridgehead atoms. The van der Waals surface area contributed by atoms with Crippen molar-refractivity contribution in [2.24, 2.45) is 10.9 Å². The van der Waals surface area contributed by atoms with E-state index >= 15 is 0 Å².